The summed E-state index contributed by atoms with van der Waals surface area (Å²) in [5.41, 5.74) is 0. The number of hydrogen-bond donors (Lipinski definition) is 0. The first kappa shape index (κ1) is 27.8. The predicted molar refractivity (Wildman–Crippen MR) is 112 cm³/mol. The summed E-state index contributed by atoms with van der Waals surface area (Å²) >= 11 is 1.75. The first-order valence-corrected chi connectivity index (χ1v) is 11.7. The van der Waals surface area contributed by atoms with Crippen molar-refractivity contribution in [2.45, 2.75) is 116 Å². The minimum Gasteiger partial charge on any atom is -0.550 e. The smallest absolute Gasteiger partial charge is 0.550 e. The Morgan fingerprint density at radius 2 is 1.00 bits per heavy atom. The van der Waals surface area contributed by atoms with Crippen LogP contribution in [0.4, 0.5) is 0 Å². The molecule has 0 aliphatic rings. The minimum absolute atomic E-state index is 0. The number of hydrogen-bond acceptors (Lipinski definition) is 3. The van der Waals surface area contributed by atoms with Crippen molar-refractivity contribution in [2.24, 2.45) is 0 Å². The summed E-state index contributed by atoms with van der Waals surface area (Å²) in [7, 11) is 0. The number of carbonyl (C=O) groups is 1. The van der Waals surface area contributed by atoms with Crippen molar-refractivity contribution >= 4 is 40.8 Å². The van der Waals surface area contributed by atoms with Gasteiger partial charge in [0.15, 0.2) is 0 Å². The van der Waals surface area contributed by atoms with Crippen LogP contribution in [-0.4, -0.2) is 40.5 Å². The van der Waals surface area contributed by atoms with Gasteiger partial charge in [-0.3, -0.25) is 0 Å². The summed E-state index contributed by atoms with van der Waals surface area (Å²) in [6.45, 7) is 2.28. The molecule has 0 aromatic rings. The van der Waals surface area contributed by atoms with Crippen LogP contribution in [0.3, 0.4) is 0 Å². The van der Waals surface area contributed by atoms with Gasteiger partial charge >= 0.3 is 23.1 Å². The average Bonchev–Trinajstić information content (AvgIpc) is 2.56. The molecule has 0 saturated heterocycles. The van der Waals surface area contributed by atoms with Crippen LogP contribution in [0.15, 0.2) is 0 Å². The van der Waals surface area contributed by atoms with Gasteiger partial charge in [0.05, 0.1) is 0 Å². The molecule has 0 spiro atoms. The number of thioether (sulfide) groups is 1. The molecular weight excluding hydrogens is 341 g/mol. The fraction of sp³-hybridized carbons (Fsp3) is 0.952. The molecule has 0 aromatic heterocycles. The Balaban J connectivity index is 0. The van der Waals surface area contributed by atoms with Crippen LogP contribution in [0, 0.1) is 0 Å². The van der Waals surface area contributed by atoms with Crippen LogP contribution < -0.4 is 5.11 Å². The van der Waals surface area contributed by atoms with Crippen molar-refractivity contribution in [3.8, 4) is 0 Å². The Labute approximate surface area is 177 Å². The van der Waals surface area contributed by atoms with E-state index in [2.05, 4.69) is 6.92 Å². The first-order valence-electron chi connectivity index (χ1n) is 10.5. The molecule has 25 heavy (non-hydrogen) atoms. The van der Waals surface area contributed by atoms with E-state index in [1.807, 2.05) is 0 Å². The van der Waals surface area contributed by atoms with Gasteiger partial charge in [-0.15, -0.1) is 0 Å². The van der Waals surface area contributed by atoms with Crippen molar-refractivity contribution in [2.75, 3.05) is 11.5 Å². The Kier molecular flexibility index (Phi) is 27.3. The van der Waals surface area contributed by atoms with Crippen molar-refractivity contribution in [1.82, 2.24) is 0 Å². The van der Waals surface area contributed by atoms with E-state index in [4.69, 9.17) is 0 Å². The zero-order valence-electron chi connectivity index (χ0n) is 16.9. The molecule has 0 heterocycles. The quantitative estimate of drug-likeness (QED) is 0.199. The molecule has 0 aliphatic carbocycles. The molecule has 0 unspecified atom stereocenters. The molecule has 0 radical (unpaired) electrons. The molecule has 4 heteroatoms. The van der Waals surface area contributed by atoms with Gasteiger partial charge in [-0.1, -0.05) is 103 Å². The number of aliphatic carboxylic acids is 1. The molecule has 0 amide bonds. The largest absolute Gasteiger partial charge is 2.00 e. The van der Waals surface area contributed by atoms with Gasteiger partial charge in [0.1, 0.15) is 0 Å². The van der Waals surface area contributed by atoms with Crippen molar-refractivity contribution in [1.29, 1.82) is 0 Å². The van der Waals surface area contributed by atoms with Crippen molar-refractivity contribution in [3.05, 3.63) is 0 Å². The second-order valence-corrected chi connectivity index (χ2v) is 8.26. The average molecular weight is 382 g/mol. The third-order valence-corrected chi connectivity index (χ3v) is 5.66. The van der Waals surface area contributed by atoms with E-state index >= 15 is 0 Å². The zero-order valence-corrected chi connectivity index (χ0v) is 19.1. The maximum Gasteiger partial charge on any atom is 2.00 e. The zero-order chi connectivity index (χ0) is 17.7. The van der Waals surface area contributed by atoms with Gasteiger partial charge in [0, 0.05) is 5.97 Å². The molecule has 2 nitrogen and oxygen atoms in total. The fourth-order valence-electron chi connectivity index (χ4n) is 3.01. The maximum atomic E-state index is 10.3. The van der Waals surface area contributed by atoms with Gasteiger partial charge in [-0.2, -0.15) is 11.8 Å². The molecule has 0 saturated carbocycles. The molecule has 0 aliphatic heterocycles. The molecule has 0 bridgehead atoms. The van der Waals surface area contributed by atoms with Crippen LogP contribution in [0.5, 0.6) is 0 Å². The van der Waals surface area contributed by atoms with Crippen LogP contribution in [0.25, 0.3) is 0 Å². The molecule has 144 valence electrons. The van der Waals surface area contributed by atoms with E-state index in [1.54, 1.807) is 11.8 Å². The summed E-state index contributed by atoms with van der Waals surface area (Å²) in [4.78, 5) is 10.3. The normalized spacial score (nSPS) is 10.6. The summed E-state index contributed by atoms with van der Waals surface area (Å²) in [5.74, 6) is 0.891. The van der Waals surface area contributed by atoms with Gasteiger partial charge < -0.3 is 9.90 Å². The van der Waals surface area contributed by atoms with E-state index < -0.39 is 5.97 Å². The monoisotopic (exact) mass is 381 g/mol. The van der Waals surface area contributed by atoms with E-state index in [1.165, 1.54) is 103 Å². The Bertz CT molecular complexity index is 262. The maximum absolute atomic E-state index is 10.3. The van der Waals surface area contributed by atoms with Crippen LogP contribution >= 0.6 is 11.8 Å². The minimum atomic E-state index is -0.922. The first-order chi connectivity index (χ1) is 11.8. The number of carboxylic acids is 1. The van der Waals surface area contributed by atoms with Gasteiger partial charge in [-0.25, -0.2) is 0 Å². The van der Waals surface area contributed by atoms with Crippen LogP contribution in [-0.2, 0) is 4.79 Å². The van der Waals surface area contributed by atoms with E-state index in [-0.39, 0.29) is 29.5 Å². The standard InChI is InChI=1S/C21H42O2S.Mg/c1-2-3-4-5-6-7-8-9-10-11-12-13-14-15-16-17-19-24-20-18-21(22)23;/h2-20H2,1H3,(H,22,23);/q;+2/p-1. The second-order valence-electron chi connectivity index (χ2n) is 7.04. The summed E-state index contributed by atoms with van der Waals surface area (Å²) < 4.78 is 0. The van der Waals surface area contributed by atoms with Gasteiger partial charge in [0.2, 0.25) is 0 Å². The Hall–Kier alpha value is 0.586. The molecule has 0 fully saturated rings. The van der Waals surface area contributed by atoms with Gasteiger partial charge in [-0.05, 0) is 24.3 Å². The fourth-order valence-corrected chi connectivity index (χ4v) is 3.93. The molecule has 0 N–H and O–H groups in total. The third kappa shape index (κ3) is 26.9. The number of rotatable bonds is 20. The molecule has 0 rings (SSSR count). The molecular formula is C21H41MgO2S+. The number of unbranched alkanes of at least 4 members (excludes halogenated alkanes) is 15. The third-order valence-electron chi connectivity index (χ3n) is 4.59. The molecule has 0 atom stereocenters. The Morgan fingerprint density at radius 1 is 0.640 bits per heavy atom. The van der Waals surface area contributed by atoms with E-state index in [0.717, 1.165) is 5.75 Å². The van der Waals surface area contributed by atoms with Crippen LogP contribution in [0.1, 0.15) is 116 Å². The van der Waals surface area contributed by atoms with Gasteiger partial charge in [0.25, 0.3) is 0 Å². The second kappa shape index (κ2) is 24.6. The molecule has 0 aromatic carbocycles. The van der Waals surface area contributed by atoms with Crippen molar-refractivity contribution in [3.63, 3.8) is 0 Å². The van der Waals surface area contributed by atoms with E-state index in [9.17, 15) is 9.90 Å². The predicted octanol–water partition coefficient (Wildman–Crippen LogP) is 5.74. The SMILES string of the molecule is CCCCCCCCCCCCCCCCCCSCCC(=O)[O-].[Mg+2]. The topological polar surface area (TPSA) is 40.1 Å². The number of carboxylic acid groups (broad SMARTS) is 1. The summed E-state index contributed by atoms with van der Waals surface area (Å²) in [6.07, 6.45) is 22.6. The van der Waals surface area contributed by atoms with Crippen molar-refractivity contribution < 1.29 is 9.90 Å². The van der Waals surface area contributed by atoms with E-state index in [0.29, 0.717) is 5.75 Å². The van der Waals surface area contributed by atoms with Crippen LogP contribution in [0.2, 0.25) is 0 Å². The summed E-state index contributed by atoms with van der Waals surface area (Å²) in [5, 5.41) is 10.3. The Morgan fingerprint density at radius 3 is 1.36 bits per heavy atom. The summed E-state index contributed by atoms with van der Waals surface area (Å²) in [6, 6.07) is 0. The number of carbonyl (C=O) groups excluding carboxylic acids is 1.